The first-order chi connectivity index (χ1) is 19.4. The Hall–Kier alpha value is -3.82. The molecule has 0 saturated carbocycles. The third-order valence-corrected chi connectivity index (χ3v) is 7.93. The molecule has 1 unspecified atom stereocenters. The second-order valence-electron chi connectivity index (χ2n) is 12.2. The number of ether oxygens (including phenoxy) is 1. The van der Waals surface area contributed by atoms with Crippen LogP contribution in [0.2, 0.25) is 0 Å². The van der Waals surface area contributed by atoms with Crippen molar-refractivity contribution in [2.24, 2.45) is 18.9 Å². The number of carbonyl (C=O) groups is 4. The van der Waals surface area contributed by atoms with Gasteiger partial charge in [0.1, 0.15) is 17.7 Å². The number of rotatable bonds is 11. The Balaban J connectivity index is 1.58. The number of benzene rings is 1. The zero-order chi connectivity index (χ0) is 29.7. The molecule has 2 aromatic rings. The minimum atomic E-state index is -1.12. The molecule has 1 aromatic carbocycles. The zero-order valence-electron chi connectivity index (χ0n) is 24.3. The summed E-state index contributed by atoms with van der Waals surface area (Å²) in [7, 11) is 1.93. The third-order valence-electron chi connectivity index (χ3n) is 7.93. The molecule has 5 rings (SSSR count). The van der Waals surface area contributed by atoms with E-state index < -0.39 is 35.3 Å². The SMILES string of the molecule is Cn1cc(C[C@H](NC(=O)C2CN3CCC2CC3)C(=O)N[C@@H](CCC(=O)C=[N+]=N)C(=O)OC(C)(C)C)c2ccccc21. The number of aromatic nitrogens is 1. The Morgan fingerprint density at radius 2 is 1.83 bits per heavy atom. The van der Waals surface area contributed by atoms with Gasteiger partial charge in [0.25, 0.3) is 0 Å². The topological polar surface area (TPSA) is 148 Å². The number of aryl methyl sites for hydroxylation is 1. The van der Waals surface area contributed by atoms with Gasteiger partial charge in [0, 0.05) is 43.5 Å². The molecule has 1 aromatic heterocycles. The molecular formula is C30H41N6O5+. The summed E-state index contributed by atoms with van der Waals surface area (Å²) in [6.07, 6.45) is 4.85. The van der Waals surface area contributed by atoms with Crippen LogP contribution in [0.4, 0.5) is 0 Å². The van der Waals surface area contributed by atoms with Gasteiger partial charge in [-0.2, -0.15) is 0 Å². The summed E-state index contributed by atoms with van der Waals surface area (Å²) < 4.78 is 7.51. The van der Waals surface area contributed by atoms with Gasteiger partial charge in [-0.05, 0) is 70.7 Å². The lowest BCUT2D eigenvalue weighted by Crippen LogP contribution is -2.57. The molecule has 220 valence electrons. The Morgan fingerprint density at radius 3 is 2.46 bits per heavy atom. The molecule has 4 heterocycles. The van der Waals surface area contributed by atoms with E-state index in [9.17, 15) is 19.2 Å². The monoisotopic (exact) mass is 565 g/mol. The van der Waals surface area contributed by atoms with Gasteiger partial charge in [0.2, 0.25) is 17.6 Å². The highest BCUT2D eigenvalue weighted by Crippen LogP contribution is 2.32. The van der Waals surface area contributed by atoms with Crippen LogP contribution in [-0.4, -0.2) is 81.4 Å². The second-order valence-corrected chi connectivity index (χ2v) is 12.2. The van der Waals surface area contributed by atoms with Crippen LogP contribution in [0.1, 0.15) is 52.0 Å². The van der Waals surface area contributed by atoms with Gasteiger partial charge in [0.05, 0.1) is 16.2 Å². The van der Waals surface area contributed by atoms with E-state index in [0.717, 1.165) is 48.6 Å². The molecular weight excluding hydrogens is 524 g/mol. The summed E-state index contributed by atoms with van der Waals surface area (Å²) in [5, 5.41) is 6.77. The van der Waals surface area contributed by atoms with Crippen molar-refractivity contribution in [2.75, 3.05) is 19.6 Å². The number of nitrogens with one attached hydrogen (secondary N) is 3. The number of ketones is 1. The molecule has 3 fully saturated rings. The number of esters is 1. The summed E-state index contributed by atoms with van der Waals surface area (Å²) in [5.74, 6) is -1.69. The molecule has 41 heavy (non-hydrogen) atoms. The van der Waals surface area contributed by atoms with Crippen LogP contribution >= 0.6 is 0 Å². The van der Waals surface area contributed by atoms with E-state index in [1.807, 2.05) is 42.1 Å². The highest BCUT2D eigenvalue weighted by Gasteiger charge is 2.40. The number of hydrogen-bond donors (Lipinski definition) is 3. The third kappa shape index (κ3) is 7.68. The lowest BCUT2D eigenvalue weighted by atomic mass is 9.78. The smallest absolute Gasteiger partial charge is 0.372 e. The molecule has 2 bridgehead atoms. The van der Waals surface area contributed by atoms with E-state index in [1.54, 1.807) is 20.8 Å². The Kier molecular flexibility index (Phi) is 9.40. The Morgan fingerprint density at radius 1 is 1.12 bits per heavy atom. The van der Waals surface area contributed by atoms with E-state index in [1.165, 1.54) is 0 Å². The fraction of sp³-hybridized carbons (Fsp3) is 0.567. The number of piperidine rings is 3. The van der Waals surface area contributed by atoms with Crippen LogP contribution in [-0.2, 0) is 37.4 Å². The first kappa shape index (κ1) is 30.1. The average Bonchev–Trinajstić information content (AvgIpc) is 3.25. The number of para-hydroxylation sites is 1. The molecule has 0 aliphatic carbocycles. The Labute approximate surface area is 240 Å². The van der Waals surface area contributed by atoms with Gasteiger partial charge >= 0.3 is 12.2 Å². The predicted molar refractivity (Wildman–Crippen MR) is 152 cm³/mol. The van der Waals surface area contributed by atoms with Crippen molar-refractivity contribution in [1.29, 1.82) is 5.53 Å². The van der Waals surface area contributed by atoms with E-state index in [2.05, 4.69) is 20.3 Å². The van der Waals surface area contributed by atoms with Crippen molar-refractivity contribution < 1.29 is 28.7 Å². The normalized spacial score (nSPS) is 21.4. The standard InChI is InChI=1S/C30H40N6O5/c1-30(2,3)41-29(40)24(10-9-21(37)16-32-31)33-28(39)25(15-20-17-35(4)26-8-6-5-7-22(20)26)34-27(38)23-18-36-13-11-19(23)12-14-36/h5-8,16-17,19,23-25,31H,9-15,18H2,1-4H3,(H-,33,34,38,39)/p+1/t23?,24-,25-/m0/s1. The van der Waals surface area contributed by atoms with Crippen molar-refractivity contribution in [3.05, 3.63) is 36.0 Å². The second kappa shape index (κ2) is 12.8. The van der Waals surface area contributed by atoms with Crippen molar-refractivity contribution in [3.63, 3.8) is 0 Å². The molecule has 3 saturated heterocycles. The molecule has 0 spiro atoms. The van der Waals surface area contributed by atoms with Gasteiger partial charge in [-0.15, -0.1) is 0 Å². The first-order valence-corrected chi connectivity index (χ1v) is 14.3. The number of fused-ring (bicyclic) bond motifs is 4. The van der Waals surface area contributed by atoms with Gasteiger partial charge in [-0.25, -0.2) is 4.79 Å². The van der Waals surface area contributed by atoms with Crippen LogP contribution in [0, 0.1) is 17.4 Å². The van der Waals surface area contributed by atoms with E-state index in [-0.39, 0.29) is 31.1 Å². The molecule has 3 N–H and O–H groups in total. The van der Waals surface area contributed by atoms with Gasteiger partial charge in [0.15, 0.2) is 0 Å². The van der Waals surface area contributed by atoms with E-state index in [4.69, 9.17) is 10.3 Å². The fourth-order valence-electron chi connectivity index (χ4n) is 5.88. The molecule has 3 aliphatic rings. The fourth-order valence-corrected chi connectivity index (χ4v) is 5.88. The van der Waals surface area contributed by atoms with Crippen molar-refractivity contribution in [3.8, 4) is 0 Å². The summed E-state index contributed by atoms with van der Waals surface area (Å²) >= 11 is 0. The quantitative estimate of drug-likeness (QED) is 0.164. The maximum Gasteiger partial charge on any atom is 0.372 e. The van der Waals surface area contributed by atoms with E-state index >= 15 is 0 Å². The van der Waals surface area contributed by atoms with Crippen molar-refractivity contribution in [2.45, 2.75) is 70.6 Å². The molecule has 11 heteroatoms. The van der Waals surface area contributed by atoms with Crippen molar-refractivity contribution >= 4 is 40.7 Å². The van der Waals surface area contributed by atoms with Gasteiger partial charge in [-0.1, -0.05) is 18.2 Å². The molecule has 0 radical (unpaired) electrons. The highest BCUT2D eigenvalue weighted by molar-refractivity contribution is 6.25. The molecule has 3 atom stereocenters. The highest BCUT2D eigenvalue weighted by atomic mass is 16.6. The minimum Gasteiger partial charge on any atom is -0.458 e. The van der Waals surface area contributed by atoms with Crippen LogP contribution < -0.4 is 10.6 Å². The van der Waals surface area contributed by atoms with Crippen LogP contribution in [0.3, 0.4) is 0 Å². The van der Waals surface area contributed by atoms with Crippen LogP contribution in [0.25, 0.3) is 10.9 Å². The van der Waals surface area contributed by atoms with Crippen LogP contribution in [0.5, 0.6) is 0 Å². The number of carbonyl (C=O) groups excluding carboxylic acids is 4. The van der Waals surface area contributed by atoms with E-state index in [0.29, 0.717) is 12.5 Å². The van der Waals surface area contributed by atoms with Gasteiger partial charge in [-0.3, -0.25) is 14.4 Å². The molecule has 3 aliphatic heterocycles. The molecule has 2 amide bonds. The average molecular weight is 566 g/mol. The number of amides is 2. The molecule has 11 nitrogen and oxygen atoms in total. The summed E-state index contributed by atoms with van der Waals surface area (Å²) in [5.41, 5.74) is 7.98. The van der Waals surface area contributed by atoms with Crippen LogP contribution in [0.15, 0.2) is 30.5 Å². The zero-order valence-corrected chi connectivity index (χ0v) is 24.3. The minimum absolute atomic E-state index is 0.0277. The Bertz CT molecular complexity index is 1350. The van der Waals surface area contributed by atoms with Gasteiger partial charge < -0.3 is 24.8 Å². The first-order valence-electron chi connectivity index (χ1n) is 14.3. The van der Waals surface area contributed by atoms with Crippen molar-refractivity contribution in [1.82, 2.24) is 20.1 Å². The number of nitrogens with zero attached hydrogens (tertiary/aromatic N) is 3. The summed E-state index contributed by atoms with van der Waals surface area (Å²) in [6, 6.07) is 5.80. The predicted octanol–water partition coefficient (Wildman–Crippen LogP) is 2.03. The lowest BCUT2D eigenvalue weighted by Gasteiger charge is -2.44. The largest absolute Gasteiger partial charge is 0.458 e. The number of hydrogen-bond acceptors (Lipinski definition) is 7. The summed E-state index contributed by atoms with van der Waals surface area (Å²) in [4.78, 5) is 57.8. The lowest BCUT2D eigenvalue weighted by molar-refractivity contribution is -0.159. The summed E-state index contributed by atoms with van der Waals surface area (Å²) in [6.45, 7) is 7.84. The maximum absolute atomic E-state index is 13.8. The number of Topliss-reactive ketones (excluding diaryl/α,β-unsaturated/α-hetero) is 1. The maximum atomic E-state index is 13.8.